The lowest BCUT2D eigenvalue weighted by atomic mass is 9.87. The number of morpholine rings is 2. The molecule has 2 N–H and O–H groups in total. The van der Waals surface area contributed by atoms with Crippen molar-refractivity contribution in [1.82, 2.24) is 0 Å². The van der Waals surface area contributed by atoms with Gasteiger partial charge in [-0.2, -0.15) is 10.0 Å². The van der Waals surface area contributed by atoms with E-state index in [1.807, 2.05) is 72.8 Å². The van der Waals surface area contributed by atoms with Gasteiger partial charge in [-0.1, -0.05) is 60.4 Å². The van der Waals surface area contributed by atoms with Crippen molar-refractivity contribution in [1.29, 1.82) is 0 Å². The topological polar surface area (TPSA) is 65.4 Å². The summed E-state index contributed by atoms with van der Waals surface area (Å²) in [5.74, 6) is 5.28. The van der Waals surface area contributed by atoms with E-state index < -0.39 is 21.2 Å². The molecule has 2 atom stereocenters. The standard InChI is InChI=1S/C40H42N2O4S/c1-5-39(43,31-7-15-35(16-8-31)41-23-27-45-28-24-41)33-11-19-37(20-12-33)47(3,4)38-21-13-34(14-22-38)40(44,6-2)32-9-17-36(18-10-32)42-25-29-46-30-26-42/h1-2,7-22,43-44H,23-30H2,3-4H3. The molecular weight excluding hydrogens is 605 g/mol. The zero-order valence-electron chi connectivity index (χ0n) is 27.1. The molecule has 0 aromatic heterocycles. The van der Waals surface area contributed by atoms with Gasteiger partial charge in [0.2, 0.25) is 0 Å². The van der Waals surface area contributed by atoms with E-state index in [9.17, 15) is 10.2 Å². The lowest BCUT2D eigenvalue weighted by Crippen LogP contribution is -2.36. The summed E-state index contributed by atoms with van der Waals surface area (Å²) in [6.45, 7) is 6.21. The van der Waals surface area contributed by atoms with Crippen LogP contribution in [-0.4, -0.2) is 75.3 Å². The van der Waals surface area contributed by atoms with Gasteiger partial charge in [-0.05, 0) is 70.8 Å². The summed E-state index contributed by atoms with van der Waals surface area (Å²) in [6.07, 6.45) is 16.4. The van der Waals surface area contributed by atoms with Gasteiger partial charge in [0.25, 0.3) is 0 Å². The first-order valence-electron chi connectivity index (χ1n) is 15.9. The Morgan fingerprint density at radius 2 is 0.809 bits per heavy atom. The summed E-state index contributed by atoms with van der Waals surface area (Å²) >= 11 is 0. The third kappa shape index (κ3) is 6.39. The van der Waals surface area contributed by atoms with Crippen molar-refractivity contribution < 1.29 is 19.7 Å². The highest BCUT2D eigenvalue weighted by Gasteiger charge is 2.32. The molecule has 6 nitrogen and oxygen atoms in total. The van der Waals surface area contributed by atoms with Crippen LogP contribution in [0.4, 0.5) is 11.4 Å². The third-order valence-electron chi connectivity index (χ3n) is 9.46. The Morgan fingerprint density at radius 1 is 0.532 bits per heavy atom. The minimum Gasteiger partial charge on any atom is -0.378 e. The smallest absolute Gasteiger partial charge is 0.176 e. The fraction of sp³-hybridized carbons (Fsp3) is 0.300. The Morgan fingerprint density at radius 3 is 1.09 bits per heavy atom. The summed E-state index contributed by atoms with van der Waals surface area (Å²) in [7, 11) is -1.44. The quantitative estimate of drug-likeness (QED) is 0.244. The molecule has 0 saturated carbocycles. The lowest BCUT2D eigenvalue weighted by Gasteiger charge is -2.34. The highest BCUT2D eigenvalue weighted by atomic mass is 32.3. The molecule has 2 fully saturated rings. The summed E-state index contributed by atoms with van der Waals surface area (Å²) in [5, 5.41) is 23.3. The van der Waals surface area contributed by atoms with E-state index in [1.54, 1.807) is 0 Å². The van der Waals surface area contributed by atoms with Crippen LogP contribution in [-0.2, 0) is 20.7 Å². The molecule has 2 heterocycles. The van der Waals surface area contributed by atoms with Gasteiger partial charge in [0.15, 0.2) is 11.2 Å². The zero-order chi connectivity index (χ0) is 33.1. The van der Waals surface area contributed by atoms with Gasteiger partial charge in [0, 0.05) is 59.8 Å². The Bertz CT molecular complexity index is 1620. The van der Waals surface area contributed by atoms with E-state index in [2.05, 4.69) is 58.4 Å². The summed E-state index contributed by atoms with van der Waals surface area (Å²) in [4.78, 5) is 6.82. The number of nitrogens with zero attached hydrogens (tertiary/aromatic N) is 2. The maximum atomic E-state index is 11.7. The van der Waals surface area contributed by atoms with Crippen LogP contribution < -0.4 is 9.80 Å². The molecule has 2 aliphatic heterocycles. The molecule has 0 radical (unpaired) electrons. The first kappa shape index (κ1) is 32.7. The summed E-state index contributed by atoms with van der Waals surface area (Å²) in [5.41, 5.74) is 1.68. The minimum atomic E-state index is -1.55. The summed E-state index contributed by atoms with van der Waals surface area (Å²) < 4.78 is 10.9. The van der Waals surface area contributed by atoms with E-state index in [1.165, 1.54) is 0 Å². The molecule has 0 bridgehead atoms. The molecule has 6 rings (SSSR count). The largest absolute Gasteiger partial charge is 0.378 e. The number of hydrogen-bond acceptors (Lipinski definition) is 6. The van der Waals surface area contributed by atoms with Crippen LogP contribution in [0.2, 0.25) is 0 Å². The maximum absolute atomic E-state index is 11.7. The average Bonchev–Trinajstić information content (AvgIpc) is 3.15. The predicted molar refractivity (Wildman–Crippen MR) is 191 cm³/mol. The van der Waals surface area contributed by atoms with Crippen LogP contribution in [0.25, 0.3) is 0 Å². The van der Waals surface area contributed by atoms with E-state index in [-0.39, 0.29) is 0 Å². The van der Waals surface area contributed by atoms with E-state index in [0.29, 0.717) is 48.7 Å². The molecule has 4 aromatic rings. The van der Waals surface area contributed by atoms with Gasteiger partial charge < -0.3 is 29.5 Å². The fourth-order valence-corrected chi connectivity index (χ4v) is 8.25. The second-order valence-electron chi connectivity index (χ2n) is 12.4. The molecule has 7 heteroatoms. The second-order valence-corrected chi connectivity index (χ2v) is 16.0. The molecule has 4 aromatic carbocycles. The monoisotopic (exact) mass is 646 g/mol. The first-order chi connectivity index (χ1) is 22.7. The van der Waals surface area contributed by atoms with Crippen LogP contribution in [0.15, 0.2) is 107 Å². The highest BCUT2D eigenvalue weighted by molar-refractivity contribution is 8.32. The lowest BCUT2D eigenvalue weighted by molar-refractivity contribution is 0.122. The molecule has 2 saturated heterocycles. The normalized spacial score (nSPS) is 18.3. The Balaban J connectivity index is 1.19. The molecule has 242 valence electrons. The molecule has 47 heavy (non-hydrogen) atoms. The van der Waals surface area contributed by atoms with Crippen molar-refractivity contribution in [3.8, 4) is 24.7 Å². The van der Waals surface area contributed by atoms with Gasteiger partial charge in [-0.3, -0.25) is 0 Å². The van der Waals surface area contributed by atoms with E-state index in [4.69, 9.17) is 22.3 Å². The SMILES string of the molecule is C#CC(O)(c1ccc(N2CCOCC2)cc1)c1ccc(S(C)(C)c2ccc(C(O)(C#C)c3ccc(N4CCOCC4)cc3)cc2)cc1. The number of ether oxygens (including phenoxy) is 2. The molecule has 0 amide bonds. The van der Waals surface area contributed by atoms with Crippen LogP contribution in [0.3, 0.4) is 0 Å². The Labute approximate surface area is 280 Å². The number of aliphatic hydroxyl groups is 2. The Hall–Kier alpha value is -4.21. The van der Waals surface area contributed by atoms with Crippen molar-refractivity contribution in [2.24, 2.45) is 0 Å². The van der Waals surface area contributed by atoms with Crippen molar-refractivity contribution in [3.63, 3.8) is 0 Å². The molecule has 2 aliphatic rings. The van der Waals surface area contributed by atoms with Gasteiger partial charge >= 0.3 is 0 Å². The van der Waals surface area contributed by atoms with Crippen molar-refractivity contribution in [2.45, 2.75) is 21.0 Å². The number of terminal acetylenes is 2. The van der Waals surface area contributed by atoms with Gasteiger partial charge in [-0.15, -0.1) is 12.8 Å². The predicted octanol–water partition coefficient (Wildman–Crippen LogP) is 5.58. The van der Waals surface area contributed by atoms with Gasteiger partial charge in [0.1, 0.15) is 0 Å². The fourth-order valence-electron chi connectivity index (χ4n) is 6.35. The number of rotatable bonds is 8. The minimum absolute atomic E-state index is 0.646. The Kier molecular flexibility index (Phi) is 9.39. The highest BCUT2D eigenvalue weighted by Crippen LogP contribution is 2.56. The van der Waals surface area contributed by atoms with Crippen LogP contribution in [0, 0.1) is 24.7 Å². The van der Waals surface area contributed by atoms with Crippen LogP contribution in [0.5, 0.6) is 0 Å². The van der Waals surface area contributed by atoms with Gasteiger partial charge in [-0.25, -0.2) is 0 Å². The van der Waals surface area contributed by atoms with Crippen molar-refractivity contribution >= 4 is 21.4 Å². The number of anilines is 2. The first-order valence-corrected chi connectivity index (χ1v) is 18.4. The molecular formula is C40H42N2O4S. The number of benzene rings is 4. The number of hydrogen-bond donors (Lipinski definition) is 2. The molecule has 0 spiro atoms. The third-order valence-corrected chi connectivity index (χ3v) is 12.4. The summed E-state index contributed by atoms with van der Waals surface area (Å²) in [6, 6.07) is 31.6. The second kappa shape index (κ2) is 13.5. The molecule has 0 aliphatic carbocycles. The van der Waals surface area contributed by atoms with E-state index in [0.717, 1.165) is 47.3 Å². The van der Waals surface area contributed by atoms with Crippen molar-refractivity contribution in [2.75, 3.05) is 74.9 Å². The average molecular weight is 647 g/mol. The zero-order valence-corrected chi connectivity index (χ0v) is 27.9. The van der Waals surface area contributed by atoms with Crippen LogP contribution >= 0.6 is 10.0 Å². The van der Waals surface area contributed by atoms with Crippen molar-refractivity contribution in [3.05, 3.63) is 119 Å². The van der Waals surface area contributed by atoms with Crippen LogP contribution in [0.1, 0.15) is 22.3 Å². The molecule has 2 unspecified atom stereocenters. The maximum Gasteiger partial charge on any atom is 0.176 e. The van der Waals surface area contributed by atoms with Gasteiger partial charge in [0.05, 0.1) is 26.4 Å². The van der Waals surface area contributed by atoms with E-state index >= 15 is 0 Å².